The molecule has 0 unspecified atom stereocenters. The number of pyridine rings is 1. The fourth-order valence-corrected chi connectivity index (χ4v) is 4.09. The van der Waals surface area contributed by atoms with Gasteiger partial charge in [0.2, 0.25) is 11.6 Å². The van der Waals surface area contributed by atoms with Gasteiger partial charge in [0.1, 0.15) is 0 Å². The Morgan fingerprint density at radius 3 is 2.58 bits per heavy atom. The maximum absolute atomic E-state index is 5.49. The van der Waals surface area contributed by atoms with E-state index in [2.05, 4.69) is 25.3 Å². The van der Waals surface area contributed by atoms with Crippen LogP contribution in [0.4, 0.5) is 0 Å². The van der Waals surface area contributed by atoms with Crippen molar-refractivity contribution >= 4 is 0 Å². The van der Waals surface area contributed by atoms with E-state index < -0.39 is 0 Å². The quantitative estimate of drug-likeness (QED) is 0.545. The lowest BCUT2D eigenvalue weighted by Crippen LogP contribution is -2.36. The van der Waals surface area contributed by atoms with Crippen LogP contribution in [-0.2, 0) is 13.1 Å². The Morgan fingerprint density at radius 2 is 1.90 bits per heavy atom. The molecular weight excluding hydrogens is 396 g/mol. The summed E-state index contributed by atoms with van der Waals surface area (Å²) in [6.07, 6.45) is 5.77. The van der Waals surface area contributed by atoms with Gasteiger partial charge in [0.05, 0.1) is 27.9 Å². The number of hydrogen-bond donors (Lipinski definition) is 0. The van der Waals surface area contributed by atoms with E-state index in [0.717, 1.165) is 50.1 Å². The van der Waals surface area contributed by atoms with E-state index in [4.69, 9.17) is 14.2 Å². The summed E-state index contributed by atoms with van der Waals surface area (Å²) in [5.41, 5.74) is 2.01. The molecule has 1 aromatic carbocycles. The van der Waals surface area contributed by atoms with Crippen molar-refractivity contribution < 1.29 is 14.2 Å². The van der Waals surface area contributed by atoms with Crippen LogP contribution in [-0.4, -0.2) is 64.5 Å². The third-order valence-corrected chi connectivity index (χ3v) is 5.53. The Balaban J connectivity index is 1.41. The summed E-state index contributed by atoms with van der Waals surface area (Å²) in [4.78, 5) is 8.28. The van der Waals surface area contributed by atoms with E-state index in [1.807, 2.05) is 24.3 Å². The molecule has 3 aromatic rings. The minimum Gasteiger partial charge on any atom is -0.493 e. The van der Waals surface area contributed by atoms with Gasteiger partial charge in [-0.25, -0.2) is 0 Å². The van der Waals surface area contributed by atoms with Crippen LogP contribution in [0.25, 0.3) is 11.4 Å². The van der Waals surface area contributed by atoms with Gasteiger partial charge < -0.3 is 14.2 Å². The Hall–Kier alpha value is -3.20. The van der Waals surface area contributed by atoms with Gasteiger partial charge >= 0.3 is 0 Å². The zero-order chi connectivity index (χ0) is 21.6. The smallest absolute Gasteiger partial charge is 0.206 e. The van der Waals surface area contributed by atoms with Crippen LogP contribution in [0.15, 0.2) is 36.7 Å². The SMILES string of the molecule is COc1cc(CN2CCC[C@H](Cn3nnc(-c4cccnc4)n3)C2)cc(OC)c1OC. The van der Waals surface area contributed by atoms with Gasteiger partial charge in [0.25, 0.3) is 0 Å². The van der Waals surface area contributed by atoms with Crippen LogP contribution in [0.1, 0.15) is 18.4 Å². The number of tetrazole rings is 1. The van der Waals surface area contributed by atoms with Crippen molar-refractivity contribution in [3.05, 3.63) is 42.2 Å². The topological polar surface area (TPSA) is 87.4 Å². The number of aromatic nitrogens is 5. The molecule has 164 valence electrons. The highest BCUT2D eigenvalue weighted by Gasteiger charge is 2.23. The third kappa shape index (κ3) is 4.93. The molecule has 2 aromatic heterocycles. The predicted molar refractivity (Wildman–Crippen MR) is 115 cm³/mol. The molecule has 31 heavy (non-hydrogen) atoms. The van der Waals surface area contributed by atoms with Crippen molar-refractivity contribution in [3.8, 4) is 28.6 Å². The molecule has 0 spiro atoms. The van der Waals surface area contributed by atoms with E-state index in [-0.39, 0.29) is 0 Å². The second-order valence-electron chi connectivity index (χ2n) is 7.69. The number of hydrogen-bond acceptors (Lipinski definition) is 8. The highest BCUT2D eigenvalue weighted by Crippen LogP contribution is 2.38. The second-order valence-corrected chi connectivity index (χ2v) is 7.69. The van der Waals surface area contributed by atoms with Crippen LogP contribution in [0.5, 0.6) is 17.2 Å². The summed E-state index contributed by atoms with van der Waals surface area (Å²) < 4.78 is 16.4. The van der Waals surface area contributed by atoms with Crippen molar-refractivity contribution in [2.45, 2.75) is 25.9 Å². The van der Waals surface area contributed by atoms with Gasteiger partial charge in [-0.3, -0.25) is 9.88 Å². The summed E-state index contributed by atoms with van der Waals surface area (Å²) in [7, 11) is 4.90. The van der Waals surface area contributed by atoms with Crippen LogP contribution in [0.3, 0.4) is 0 Å². The Kier molecular flexibility index (Phi) is 6.61. The monoisotopic (exact) mass is 424 g/mol. The zero-order valence-electron chi connectivity index (χ0n) is 18.2. The maximum Gasteiger partial charge on any atom is 0.206 e. The molecule has 0 bridgehead atoms. The van der Waals surface area contributed by atoms with Gasteiger partial charge in [-0.15, -0.1) is 10.2 Å². The number of benzene rings is 1. The van der Waals surface area contributed by atoms with Crippen LogP contribution < -0.4 is 14.2 Å². The molecule has 1 saturated heterocycles. The minimum absolute atomic E-state index is 0.465. The highest BCUT2D eigenvalue weighted by molar-refractivity contribution is 5.54. The minimum atomic E-state index is 0.465. The molecule has 1 atom stereocenters. The molecule has 3 heterocycles. The van der Waals surface area contributed by atoms with Gasteiger partial charge in [-0.05, 0) is 60.3 Å². The number of ether oxygens (including phenoxy) is 3. The van der Waals surface area contributed by atoms with E-state index in [1.165, 1.54) is 0 Å². The van der Waals surface area contributed by atoms with Crippen molar-refractivity contribution in [2.75, 3.05) is 34.4 Å². The van der Waals surface area contributed by atoms with E-state index in [0.29, 0.717) is 29.0 Å². The molecule has 0 radical (unpaired) electrons. The molecule has 0 N–H and O–H groups in total. The van der Waals surface area contributed by atoms with E-state index >= 15 is 0 Å². The number of likely N-dealkylation sites (tertiary alicyclic amines) is 1. The first-order valence-electron chi connectivity index (χ1n) is 10.4. The molecule has 9 nitrogen and oxygen atoms in total. The van der Waals surface area contributed by atoms with Crippen molar-refractivity contribution in [2.24, 2.45) is 5.92 Å². The first-order valence-corrected chi connectivity index (χ1v) is 10.4. The molecule has 0 aliphatic carbocycles. The Labute approximate surface area is 181 Å². The number of rotatable bonds is 8. The van der Waals surface area contributed by atoms with Crippen LogP contribution in [0, 0.1) is 5.92 Å². The molecule has 0 amide bonds. The fourth-order valence-electron chi connectivity index (χ4n) is 4.09. The zero-order valence-corrected chi connectivity index (χ0v) is 18.2. The first-order chi connectivity index (χ1) is 15.2. The molecule has 0 saturated carbocycles. The van der Waals surface area contributed by atoms with Gasteiger partial charge in [-0.1, -0.05) is 0 Å². The molecule has 9 heteroatoms. The maximum atomic E-state index is 5.49. The molecular formula is C22H28N6O3. The summed E-state index contributed by atoms with van der Waals surface area (Å²) >= 11 is 0. The van der Waals surface area contributed by atoms with Crippen LogP contribution >= 0.6 is 0 Å². The summed E-state index contributed by atoms with van der Waals surface area (Å²) in [6.45, 7) is 3.59. The Morgan fingerprint density at radius 1 is 1.10 bits per heavy atom. The normalized spacial score (nSPS) is 16.8. The lowest BCUT2D eigenvalue weighted by Gasteiger charge is -2.32. The average molecular weight is 425 g/mol. The molecule has 1 fully saturated rings. The first kappa shape index (κ1) is 21.0. The van der Waals surface area contributed by atoms with E-state index in [9.17, 15) is 0 Å². The highest BCUT2D eigenvalue weighted by atomic mass is 16.5. The lowest BCUT2D eigenvalue weighted by molar-refractivity contribution is 0.149. The second kappa shape index (κ2) is 9.74. The van der Waals surface area contributed by atoms with Crippen molar-refractivity contribution in [1.29, 1.82) is 0 Å². The summed E-state index contributed by atoms with van der Waals surface area (Å²) in [6, 6.07) is 7.85. The molecule has 1 aliphatic rings. The average Bonchev–Trinajstić information content (AvgIpc) is 3.27. The number of nitrogens with zero attached hydrogens (tertiary/aromatic N) is 6. The van der Waals surface area contributed by atoms with E-state index in [1.54, 1.807) is 38.5 Å². The number of methoxy groups -OCH3 is 3. The van der Waals surface area contributed by atoms with Crippen molar-refractivity contribution in [3.63, 3.8) is 0 Å². The van der Waals surface area contributed by atoms with Gasteiger partial charge in [0, 0.05) is 31.0 Å². The van der Waals surface area contributed by atoms with Crippen molar-refractivity contribution in [1.82, 2.24) is 30.1 Å². The molecule has 1 aliphatic heterocycles. The number of piperidine rings is 1. The lowest BCUT2D eigenvalue weighted by atomic mass is 9.97. The summed E-state index contributed by atoms with van der Waals surface area (Å²) in [5, 5.41) is 13.0. The summed E-state index contributed by atoms with van der Waals surface area (Å²) in [5.74, 6) is 3.05. The van der Waals surface area contributed by atoms with Gasteiger partial charge in [0.15, 0.2) is 11.5 Å². The standard InChI is InChI=1S/C22H28N6O3/c1-29-19-10-17(11-20(30-2)21(19)31-3)14-27-9-5-6-16(13-27)15-28-25-22(24-26-28)18-7-4-8-23-12-18/h4,7-8,10-12,16H,5-6,9,13-15H2,1-3H3/t16-/m0/s1. The van der Waals surface area contributed by atoms with Gasteiger partial charge in [-0.2, -0.15) is 4.80 Å². The molecule has 4 rings (SSSR count). The Bertz CT molecular complexity index is 969. The third-order valence-electron chi connectivity index (χ3n) is 5.53. The fraction of sp³-hybridized carbons (Fsp3) is 0.455. The largest absolute Gasteiger partial charge is 0.493 e. The van der Waals surface area contributed by atoms with Crippen LogP contribution in [0.2, 0.25) is 0 Å². The predicted octanol–water partition coefficient (Wildman–Crippen LogP) is 2.67.